The number of hydrogen-bond acceptors (Lipinski definition) is 3. The first-order chi connectivity index (χ1) is 20.4. The van der Waals surface area contributed by atoms with Crippen LogP contribution in [0, 0.1) is 13.8 Å². The molecule has 1 aliphatic carbocycles. The van der Waals surface area contributed by atoms with E-state index in [1.165, 1.54) is 0 Å². The van der Waals surface area contributed by atoms with Crippen molar-refractivity contribution in [1.29, 1.82) is 0 Å². The van der Waals surface area contributed by atoms with Gasteiger partial charge >= 0.3 is 8.03 Å². The first-order valence-corrected chi connectivity index (χ1v) is 15.6. The minimum Gasteiger partial charge on any atom is -0.595 e. The molecule has 0 radical (unpaired) electrons. The normalized spacial score (nSPS) is 20.7. The average Bonchev–Trinajstić information content (AvgIpc) is 3.02. The molecule has 5 aromatic rings. The Balaban J connectivity index is 1.81. The first-order valence-electron chi connectivity index (χ1n) is 14.4. The third-order valence-corrected chi connectivity index (χ3v) is 10.4. The van der Waals surface area contributed by atoms with Gasteiger partial charge in [-0.25, -0.2) is 0 Å². The van der Waals surface area contributed by atoms with Crippen molar-refractivity contribution >= 4 is 13.8 Å². The van der Waals surface area contributed by atoms with E-state index in [1.54, 1.807) is 0 Å². The van der Waals surface area contributed by atoms with Crippen LogP contribution < -0.4 is 4.89 Å². The van der Waals surface area contributed by atoms with Gasteiger partial charge in [0, 0.05) is 30.2 Å². The molecule has 1 saturated carbocycles. The van der Waals surface area contributed by atoms with Gasteiger partial charge in [-0.15, -0.1) is 0 Å². The number of rotatable bonds is 6. The van der Waals surface area contributed by atoms with Crippen LogP contribution >= 0.6 is 8.03 Å². The standard InChI is InChI=1S/C38H33O3P/c1-26-14-9-11-20-31(26)33-22-13-23-34(32-21-12-10-15-27(32)2)37(33)38(42(40)41)35(28-16-5-3-6-17-28)24-30(39)25-36(38)29-18-7-4-8-19-29/h3-23,35-36H,24-25H2,1-2H3. The van der Waals surface area contributed by atoms with Crippen LogP contribution in [0.15, 0.2) is 127 Å². The molecule has 3 nitrogen and oxygen atoms in total. The minimum atomic E-state index is -3.11. The van der Waals surface area contributed by atoms with E-state index in [0.717, 1.165) is 50.1 Å². The predicted octanol–water partition coefficient (Wildman–Crippen LogP) is 8.87. The molecule has 0 heterocycles. The molecule has 3 unspecified atom stereocenters. The van der Waals surface area contributed by atoms with Crippen LogP contribution in [0.5, 0.6) is 0 Å². The van der Waals surface area contributed by atoms with Crippen LogP contribution in [0.25, 0.3) is 22.3 Å². The highest BCUT2D eigenvalue weighted by molar-refractivity contribution is 7.38. The molecule has 3 atom stereocenters. The number of carbonyl (C=O) groups is 1. The van der Waals surface area contributed by atoms with Gasteiger partial charge in [0.1, 0.15) is 5.78 Å². The number of ketones is 1. The van der Waals surface area contributed by atoms with E-state index >= 15 is 0 Å². The van der Waals surface area contributed by atoms with Gasteiger partial charge in [0.25, 0.3) is 0 Å². The van der Waals surface area contributed by atoms with Crippen LogP contribution in [0.1, 0.15) is 52.5 Å². The molecule has 0 bridgehead atoms. The van der Waals surface area contributed by atoms with Gasteiger partial charge in [0.05, 0.1) is 0 Å². The van der Waals surface area contributed by atoms with Crippen molar-refractivity contribution in [3.8, 4) is 22.3 Å². The lowest BCUT2D eigenvalue weighted by Crippen LogP contribution is -2.45. The number of carbonyl (C=O) groups excluding carboxylic acids is 1. The van der Waals surface area contributed by atoms with E-state index in [4.69, 9.17) is 0 Å². The van der Waals surface area contributed by atoms with Crippen LogP contribution in [0.2, 0.25) is 0 Å². The molecule has 4 heteroatoms. The van der Waals surface area contributed by atoms with Gasteiger partial charge in [-0.05, 0) is 58.4 Å². The fourth-order valence-corrected chi connectivity index (χ4v) is 8.50. The van der Waals surface area contributed by atoms with Crippen LogP contribution in [-0.2, 0) is 14.5 Å². The molecule has 1 aliphatic rings. The van der Waals surface area contributed by atoms with Crippen LogP contribution in [0.3, 0.4) is 0 Å². The summed E-state index contributed by atoms with van der Waals surface area (Å²) in [6.07, 6.45) is 0.317. The molecule has 42 heavy (non-hydrogen) atoms. The molecule has 6 rings (SSSR count). The zero-order valence-electron chi connectivity index (χ0n) is 23.9. The van der Waals surface area contributed by atoms with Crippen molar-refractivity contribution in [3.05, 3.63) is 155 Å². The van der Waals surface area contributed by atoms with E-state index in [9.17, 15) is 14.3 Å². The van der Waals surface area contributed by atoms with Crippen LogP contribution in [0.4, 0.5) is 0 Å². The fraction of sp³-hybridized carbons (Fsp3) is 0.184. The van der Waals surface area contributed by atoms with Crippen molar-refractivity contribution in [1.82, 2.24) is 0 Å². The second-order valence-corrected chi connectivity index (χ2v) is 12.6. The molecule has 5 aromatic carbocycles. The first kappa shape index (κ1) is 28.0. The molecular formula is C38H33O3P. The highest BCUT2D eigenvalue weighted by Gasteiger charge is 2.63. The molecule has 0 aliphatic heterocycles. The zero-order chi connectivity index (χ0) is 29.3. The Hall–Kier alpha value is -4.17. The second-order valence-electron chi connectivity index (χ2n) is 11.3. The van der Waals surface area contributed by atoms with E-state index in [1.807, 2.05) is 91.0 Å². The monoisotopic (exact) mass is 568 g/mol. The number of hydrogen-bond donors (Lipinski definition) is 0. The lowest BCUT2D eigenvalue weighted by molar-refractivity contribution is -0.172. The summed E-state index contributed by atoms with van der Waals surface area (Å²) in [7, 11) is -3.11. The van der Waals surface area contributed by atoms with Gasteiger partial charge in [-0.1, -0.05) is 132 Å². The fourth-order valence-electron chi connectivity index (χ4n) is 7.08. The van der Waals surface area contributed by atoms with Gasteiger partial charge in [0.2, 0.25) is 5.16 Å². The summed E-state index contributed by atoms with van der Waals surface area (Å²) in [6, 6.07) is 41.9. The number of benzene rings is 5. The molecule has 1 fully saturated rings. The zero-order valence-corrected chi connectivity index (χ0v) is 24.8. The molecular weight excluding hydrogens is 535 g/mol. The maximum atomic E-state index is 14.4. The summed E-state index contributed by atoms with van der Waals surface area (Å²) in [5.74, 6) is -1.06. The summed E-state index contributed by atoms with van der Waals surface area (Å²) in [5.41, 5.74) is 8.41. The van der Waals surface area contributed by atoms with Gasteiger partial charge < -0.3 is 4.89 Å². The van der Waals surface area contributed by atoms with Gasteiger partial charge in [-0.3, -0.25) is 4.79 Å². The maximum Gasteiger partial charge on any atom is 0.321 e. The van der Waals surface area contributed by atoms with Crippen molar-refractivity contribution in [2.24, 2.45) is 0 Å². The van der Waals surface area contributed by atoms with Crippen LogP contribution in [-0.4, -0.2) is 5.78 Å². The topological polar surface area (TPSA) is 57.2 Å². The molecule has 0 aromatic heterocycles. The summed E-state index contributed by atoms with van der Waals surface area (Å²) in [5, 5.41) is -1.40. The number of Topliss-reactive ketones (excluding diaryl/α,β-unsaturated/α-hetero) is 1. The Bertz CT molecular complexity index is 1650. The highest BCUT2D eigenvalue weighted by Crippen LogP contribution is 2.67. The van der Waals surface area contributed by atoms with E-state index in [0.29, 0.717) is 0 Å². The van der Waals surface area contributed by atoms with Gasteiger partial charge in [0.15, 0.2) is 0 Å². The summed E-state index contributed by atoms with van der Waals surface area (Å²) < 4.78 is 14.4. The SMILES string of the molecule is Cc1ccccc1-c1cccc(-c2ccccc2C)c1C1([P+](=O)[O-])C(c2ccccc2)CC(=O)CC1c1ccccc1. The molecule has 0 spiro atoms. The largest absolute Gasteiger partial charge is 0.595 e. The minimum absolute atomic E-state index is 0.0796. The molecule has 208 valence electrons. The van der Waals surface area contributed by atoms with E-state index in [-0.39, 0.29) is 18.6 Å². The second kappa shape index (κ2) is 11.6. The third kappa shape index (κ3) is 4.73. The van der Waals surface area contributed by atoms with Crippen molar-refractivity contribution in [2.75, 3.05) is 0 Å². The Kier molecular flexibility index (Phi) is 7.73. The average molecular weight is 569 g/mol. The molecule has 0 amide bonds. The lowest BCUT2D eigenvalue weighted by Gasteiger charge is -2.45. The Morgan fingerprint density at radius 3 is 1.36 bits per heavy atom. The van der Waals surface area contributed by atoms with Gasteiger partial charge in [-0.2, -0.15) is 0 Å². The third-order valence-electron chi connectivity index (χ3n) is 8.97. The number of aryl methyl sites for hydroxylation is 2. The Labute approximate surface area is 248 Å². The van der Waals surface area contributed by atoms with Crippen molar-refractivity contribution < 1.29 is 14.3 Å². The molecule has 0 saturated heterocycles. The Morgan fingerprint density at radius 2 is 0.952 bits per heavy atom. The van der Waals surface area contributed by atoms with Crippen molar-refractivity contribution in [2.45, 2.75) is 43.7 Å². The summed E-state index contributed by atoms with van der Waals surface area (Å²) in [6.45, 7) is 4.13. The smallest absolute Gasteiger partial charge is 0.321 e. The lowest BCUT2D eigenvalue weighted by atomic mass is 9.61. The quantitative estimate of drug-likeness (QED) is 0.192. The summed E-state index contributed by atoms with van der Waals surface area (Å²) >= 11 is 0. The van der Waals surface area contributed by atoms with E-state index in [2.05, 4.69) is 50.2 Å². The molecule has 0 N–H and O–H groups in total. The highest BCUT2D eigenvalue weighted by atomic mass is 31.1. The maximum absolute atomic E-state index is 14.4. The van der Waals surface area contributed by atoms with Crippen molar-refractivity contribution in [3.63, 3.8) is 0 Å². The Morgan fingerprint density at radius 1 is 0.571 bits per heavy atom. The summed E-state index contributed by atoms with van der Waals surface area (Å²) in [4.78, 5) is 28.0. The predicted molar refractivity (Wildman–Crippen MR) is 169 cm³/mol. The van der Waals surface area contributed by atoms with E-state index < -0.39 is 25.0 Å².